The summed E-state index contributed by atoms with van der Waals surface area (Å²) in [5, 5.41) is 6.63. The summed E-state index contributed by atoms with van der Waals surface area (Å²) in [5.74, 6) is 1.78. The lowest BCUT2D eigenvalue weighted by Gasteiger charge is -2.13. The van der Waals surface area contributed by atoms with Crippen LogP contribution in [0, 0.1) is 6.92 Å². The minimum absolute atomic E-state index is 0.855. The number of nitrogens with zero attached hydrogens (tertiary/aromatic N) is 2. The third kappa shape index (κ3) is 3.22. The van der Waals surface area contributed by atoms with E-state index in [4.69, 9.17) is 0 Å². The molecule has 1 heterocycles. The maximum Gasteiger partial charge on any atom is 0.139 e. The zero-order valence-corrected chi connectivity index (χ0v) is 11.7. The molecule has 0 radical (unpaired) electrons. The Kier molecular flexibility index (Phi) is 4.34. The van der Waals surface area contributed by atoms with Crippen molar-refractivity contribution in [3.05, 3.63) is 41.7 Å². The van der Waals surface area contributed by atoms with Gasteiger partial charge in [-0.15, -0.1) is 0 Å². The van der Waals surface area contributed by atoms with E-state index in [0.717, 1.165) is 35.9 Å². The van der Waals surface area contributed by atoms with E-state index in [1.165, 1.54) is 5.56 Å². The zero-order valence-electron chi connectivity index (χ0n) is 11.7. The van der Waals surface area contributed by atoms with E-state index in [0.29, 0.717) is 0 Å². The first kappa shape index (κ1) is 13.3. The second kappa shape index (κ2) is 6.18. The lowest BCUT2D eigenvalue weighted by Crippen LogP contribution is -2.07. The van der Waals surface area contributed by atoms with Crippen LogP contribution in [0.3, 0.4) is 0 Å². The van der Waals surface area contributed by atoms with Crippen molar-refractivity contribution in [1.82, 2.24) is 9.97 Å². The number of benzene rings is 1. The van der Waals surface area contributed by atoms with Gasteiger partial charge < -0.3 is 10.6 Å². The molecule has 0 bridgehead atoms. The molecular weight excluding hydrogens is 236 g/mol. The molecule has 0 spiro atoms. The fourth-order valence-electron chi connectivity index (χ4n) is 1.95. The summed E-state index contributed by atoms with van der Waals surface area (Å²) in [7, 11) is 0. The summed E-state index contributed by atoms with van der Waals surface area (Å²) in [6.07, 6.45) is 2.48. The molecule has 0 saturated carbocycles. The highest BCUT2D eigenvalue weighted by molar-refractivity contribution is 5.64. The van der Waals surface area contributed by atoms with Gasteiger partial charge in [0, 0.05) is 17.8 Å². The van der Waals surface area contributed by atoms with E-state index >= 15 is 0 Å². The van der Waals surface area contributed by atoms with Gasteiger partial charge in [0.05, 0.1) is 0 Å². The molecule has 19 heavy (non-hydrogen) atoms. The predicted octanol–water partition coefficient (Wildman–Crippen LogP) is 3.52. The third-order valence-corrected chi connectivity index (χ3v) is 2.96. The highest BCUT2D eigenvalue weighted by Gasteiger charge is 2.09. The van der Waals surface area contributed by atoms with Gasteiger partial charge in [-0.1, -0.05) is 24.6 Å². The number of aromatic nitrogens is 2. The Labute approximate surface area is 114 Å². The Hall–Kier alpha value is -2.10. The van der Waals surface area contributed by atoms with Crippen LogP contribution in [0.1, 0.15) is 25.0 Å². The molecule has 0 atom stereocenters. The van der Waals surface area contributed by atoms with Gasteiger partial charge in [-0.3, -0.25) is 0 Å². The molecule has 0 fully saturated rings. The molecule has 2 rings (SSSR count). The van der Waals surface area contributed by atoms with E-state index in [1.54, 1.807) is 6.33 Å². The van der Waals surface area contributed by atoms with Crippen molar-refractivity contribution in [2.45, 2.75) is 27.2 Å². The molecule has 2 N–H and O–H groups in total. The van der Waals surface area contributed by atoms with E-state index in [2.05, 4.69) is 65.6 Å². The second-order valence-corrected chi connectivity index (χ2v) is 4.42. The number of hydrogen-bond donors (Lipinski definition) is 2. The van der Waals surface area contributed by atoms with Crippen LogP contribution in [-0.2, 0) is 6.42 Å². The first-order valence-electron chi connectivity index (χ1n) is 6.66. The average Bonchev–Trinajstić information content (AvgIpc) is 2.42. The molecule has 2 aromatic rings. The van der Waals surface area contributed by atoms with Crippen LogP contribution in [0.25, 0.3) is 0 Å². The normalized spacial score (nSPS) is 10.3. The lowest BCUT2D eigenvalue weighted by molar-refractivity contribution is 1.03. The Bertz CT molecular complexity index is 534. The first-order chi connectivity index (χ1) is 9.24. The molecule has 0 saturated heterocycles. The molecule has 0 aliphatic carbocycles. The summed E-state index contributed by atoms with van der Waals surface area (Å²) in [5.41, 5.74) is 3.41. The predicted molar refractivity (Wildman–Crippen MR) is 80.0 cm³/mol. The minimum Gasteiger partial charge on any atom is -0.370 e. The fourth-order valence-corrected chi connectivity index (χ4v) is 1.95. The standard InChI is InChI=1S/C15H20N4/c1-4-13-14(16-5-2)17-10-18-15(13)19-12-8-6-11(3)7-9-12/h6-10H,4-5H2,1-3H3,(H2,16,17,18,19). The van der Waals surface area contributed by atoms with E-state index in [9.17, 15) is 0 Å². The van der Waals surface area contributed by atoms with Gasteiger partial charge in [0.25, 0.3) is 0 Å². The highest BCUT2D eigenvalue weighted by atomic mass is 15.1. The molecule has 0 unspecified atom stereocenters. The SMILES string of the molecule is CCNc1ncnc(Nc2ccc(C)cc2)c1CC. The Morgan fingerprint density at radius 3 is 2.32 bits per heavy atom. The van der Waals surface area contributed by atoms with Crippen LogP contribution in [-0.4, -0.2) is 16.5 Å². The molecule has 100 valence electrons. The molecule has 0 aliphatic rings. The summed E-state index contributed by atoms with van der Waals surface area (Å²) in [6.45, 7) is 7.11. The Balaban J connectivity index is 2.28. The number of aryl methyl sites for hydroxylation is 1. The maximum absolute atomic E-state index is 4.35. The van der Waals surface area contributed by atoms with Gasteiger partial charge in [-0.2, -0.15) is 0 Å². The topological polar surface area (TPSA) is 49.8 Å². The number of nitrogens with one attached hydrogen (secondary N) is 2. The van der Waals surface area contributed by atoms with Crippen LogP contribution in [0.5, 0.6) is 0 Å². The monoisotopic (exact) mass is 256 g/mol. The largest absolute Gasteiger partial charge is 0.370 e. The number of anilines is 3. The van der Waals surface area contributed by atoms with Gasteiger partial charge >= 0.3 is 0 Å². The maximum atomic E-state index is 4.35. The van der Waals surface area contributed by atoms with Gasteiger partial charge in [0.15, 0.2) is 0 Å². The van der Waals surface area contributed by atoms with E-state index < -0.39 is 0 Å². The smallest absolute Gasteiger partial charge is 0.139 e. The third-order valence-electron chi connectivity index (χ3n) is 2.96. The summed E-state index contributed by atoms with van der Waals surface area (Å²) >= 11 is 0. The van der Waals surface area contributed by atoms with Crippen LogP contribution in [0.15, 0.2) is 30.6 Å². The van der Waals surface area contributed by atoms with Gasteiger partial charge in [-0.25, -0.2) is 9.97 Å². The van der Waals surface area contributed by atoms with E-state index in [1.807, 2.05) is 0 Å². The van der Waals surface area contributed by atoms with Crippen molar-refractivity contribution >= 4 is 17.3 Å². The van der Waals surface area contributed by atoms with Crippen LogP contribution >= 0.6 is 0 Å². The van der Waals surface area contributed by atoms with Crippen molar-refractivity contribution in [3.8, 4) is 0 Å². The van der Waals surface area contributed by atoms with Crippen molar-refractivity contribution in [2.75, 3.05) is 17.2 Å². The van der Waals surface area contributed by atoms with Crippen LogP contribution in [0.2, 0.25) is 0 Å². The summed E-state index contributed by atoms with van der Waals surface area (Å²) < 4.78 is 0. The molecule has 0 aliphatic heterocycles. The molecule has 4 nitrogen and oxygen atoms in total. The molecule has 1 aromatic heterocycles. The van der Waals surface area contributed by atoms with Crippen LogP contribution in [0.4, 0.5) is 17.3 Å². The lowest BCUT2D eigenvalue weighted by atomic mass is 10.2. The van der Waals surface area contributed by atoms with Gasteiger partial charge in [0.2, 0.25) is 0 Å². The molecule has 4 heteroatoms. The number of hydrogen-bond acceptors (Lipinski definition) is 4. The van der Waals surface area contributed by atoms with Crippen LogP contribution < -0.4 is 10.6 Å². The Morgan fingerprint density at radius 1 is 1.00 bits per heavy atom. The van der Waals surface area contributed by atoms with Crippen molar-refractivity contribution < 1.29 is 0 Å². The quantitative estimate of drug-likeness (QED) is 0.859. The van der Waals surface area contributed by atoms with Crippen molar-refractivity contribution in [3.63, 3.8) is 0 Å². The number of rotatable bonds is 5. The first-order valence-corrected chi connectivity index (χ1v) is 6.66. The van der Waals surface area contributed by atoms with E-state index in [-0.39, 0.29) is 0 Å². The minimum atomic E-state index is 0.855. The summed E-state index contributed by atoms with van der Waals surface area (Å²) in [6, 6.07) is 8.29. The molecule has 1 aromatic carbocycles. The van der Waals surface area contributed by atoms with Gasteiger partial charge in [-0.05, 0) is 32.4 Å². The zero-order chi connectivity index (χ0) is 13.7. The Morgan fingerprint density at radius 2 is 1.68 bits per heavy atom. The van der Waals surface area contributed by atoms with Crippen molar-refractivity contribution in [2.24, 2.45) is 0 Å². The molecular formula is C15H20N4. The van der Waals surface area contributed by atoms with Crippen molar-refractivity contribution in [1.29, 1.82) is 0 Å². The fraction of sp³-hybridized carbons (Fsp3) is 0.333. The molecule has 0 amide bonds. The van der Waals surface area contributed by atoms with Gasteiger partial charge in [0.1, 0.15) is 18.0 Å². The second-order valence-electron chi connectivity index (χ2n) is 4.42. The highest BCUT2D eigenvalue weighted by Crippen LogP contribution is 2.23. The summed E-state index contributed by atoms with van der Waals surface area (Å²) in [4.78, 5) is 8.64. The average molecular weight is 256 g/mol.